The first kappa shape index (κ1) is 34.3. The van der Waals surface area contributed by atoms with Crippen LogP contribution in [0.1, 0.15) is 15.9 Å². The fourth-order valence-corrected chi connectivity index (χ4v) is 5.58. The number of aryl methyl sites for hydroxylation is 1. The van der Waals surface area contributed by atoms with Crippen molar-refractivity contribution in [3.63, 3.8) is 0 Å². The number of halogens is 1. The van der Waals surface area contributed by atoms with Crippen LogP contribution in [0, 0.1) is 6.92 Å². The molecule has 3 aromatic rings. The molecule has 1 amide bonds. The number of piperazine rings is 1. The van der Waals surface area contributed by atoms with Gasteiger partial charge in [-0.25, -0.2) is 4.98 Å². The van der Waals surface area contributed by atoms with Crippen LogP contribution in [0.3, 0.4) is 0 Å². The summed E-state index contributed by atoms with van der Waals surface area (Å²) in [5.74, 6) is 1.26. The summed E-state index contributed by atoms with van der Waals surface area (Å²) in [6.45, 7) is 6.60. The monoisotopic (exact) mass is 662 g/mol. The molecule has 1 saturated heterocycles. The molecule has 0 bridgehead atoms. The number of benzene rings is 2. The molecule has 0 saturated carbocycles. The number of hydrogen-bond acceptors (Lipinski definition) is 12. The molecule has 13 nitrogen and oxygen atoms in total. The lowest BCUT2D eigenvalue weighted by molar-refractivity contribution is 0.0242. The van der Waals surface area contributed by atoms with Crippen molar-refractivity contribution in [3.8, 4) is 5.75 Å². The number of carbonyl (C=O) groups is 1. The molecule has 0 aliphatic carbocycles. The van der Waals surface area contributed by atoms with E-state index in [0.29, 0.717) is 66.7 Å². The van der Waals surface area contributed by atoms with Crippen molar-refractivity contribution in [3.05, 3.63) is 64.8 Å². The summed E-state index contributed by atoms with van der Waals surface area (Å²) >= 11 is 6.07. The molecule has 0 unspecified atom stereocenters. The van der Waals surface area contributed by atoms with E-state index in [1.54, 1.807) is 44.5 Å². The maximum absolute atomic E-state index is 13.2. The quantitative estimate of drug-likeness (QED) is 0.171. The van der Waals surface area contributed by atoms with E-state index >= 15 is 0 Å². The van der Waals surface area contributed by atoms with E-state index in [-0.39, 0.29) is 24.0 Å². The maximum Gasteiger partial charge on any atom is 0.297 e. The van der Waals surface area contributed by atoms with Gasteiger partial charge in [-0.2, -0.15) is 13.4 Å². The molecule has 1 aliphatic heterocycles. The van der Waals surface area contributed by atoms with Crippen LogP contribution >= 0.6 is 11.6 Å². The van der Waals surface area contributed by atoms with Gasteiger partial charge in [0.25, 0.3) is 16.0 Å². The highest BCUT2D eigenvalue weighted by molar-refractivity contribution is 7.86. The van der Waals surface area contributed by atoms with Gasteiger partial charge in [-0.05, 0) is 37.3 Å². The van der Waals surface area contributed by atoms with Crippen molar-refractivity contribution in [1.82, 2.24) is 19.8 Å². The number of nitrogens with one attached hydrogen (secondary N) is 2. The zero-order valence-corrected chi connectivity index (χ0v) is 27.2. The van der Waals surface area contributed by atoms with Crippen molar-refractivity contribution < 1.29 is 31.6 Å². The predicted octanol–water partition coefficient (Wildman–Crippen LogP) is 3.43. The van der Waals surface area contributed by atoms with Gasteiger partial charge in [0.05, 0.1) is 56.9 Å². The molecule has 2 aromatic carbocycles. The number of hydrogen-bond donors (Lipinski definition) is 2. The van der Waals surface area contributed by atoms with Gasteiger partial charge in [0.15, 0.2) is 0 Å². The Hall–Kier alpha value is -3.53. The Morgan fingerprint density at radius 1 is 0.978 bits per heavy atom. The van der Waals surface area contributed by atoms with Crippen molar-refractivity contribution in [2.45, 2.75) is 11.8 Å². The van der Waals surface area contributed by atoms with E-state index in [1.807, 2.05) is 11.8 Å². The highest BCUT2D eigenvalue weighted by Crippen LogP contribution is 2.29. The number of rotatable bonds is 16. The summed E-state index contributed by atoms with van der Waals surface area (Å²) in [7, 11) is -0.535. The van der Waals surface area contributed by atoms with E-state index < -0.39 is 10.1 Å². The number of carbonyl (C=O) groups excluding carboxylic acids is 1. The predicted molar refractivity (Wildman–Crippen MR) is 171 cm³/mol. The standard InChI is InChI=1S/C30H39ClN6O7S/c1-22-4-7-24(8-5-22)45(39,40)44-19-18-43-17-16-42-15-14-36-10-12-37(13-11-36)29(38)23-6-9-26(27(20-23)41-3)34-30-33-21-25(31)28(32-2)35-30/h4-9,20-21H,10-19H2,1-3H3,(H2,32,33,34,35). The number of aromatic nitrogens is 2. The van der Waals surface area contributed by atoms with Crippen molar-refractivity contribution in [2.24, 2.45) is 0 Å². The molecule has 0 atom stereocenters. The summed E-state index contributed by atoms with van der Waals surface area (Å²) in [6, 6.07) is 11.7. The van der Waals surface area contributed by atoms with Gasteiger partial charge >= 0.3 is 0 Å². The van der Waals surface area contributed by atoms with Gasteiger partial charge in [-0.1, -0.05) is 29.3 Å². The molecule has 1 aliphatic rings. The number of ether oxygens (including phenoxy) is 3. The summed E-state index contributed by atoms with van der Waals surface area (Å²) < 4.78 is 46.0. The average Bonchev–Trinajstić information content (AvgIpc) is 3.05. The first-order valence-corrected chi connectivity index (χ1v) is 16.3. The van der Waals surface area contributed by atoms with Crippen LogP contribution in [-0.2, 0) is 23.8 Å². The van der Waals surface area contributed by atoms with Crippen molar-refractivity contribution in [1.29, 1.82) is 0 Å². The topological polar surface area (TPSA) is 144 Å². The Labute approximate surface area is 268 Å². The molecule has 15 heteroatoms. The van der Waals surface area contributed by atoms with Crippen LogP contribution in [0.2, 0.25) is 5.02 Å². The van der Waals surface area contributed by atoms with Crippen LogP contribution in [-0.4, -0.2) is 114 Å². The summed E-state index contributed by atoms with van der Waals surface area (Å²) in [5, 5.41) is 6.42. The second kappa shape index (κ2) is 16.7. The van der Waals surface area contributed by atoms with Crippen LogP contribution in [0.25, 0.3) is 0 Å². The zero-order valence-electron chi connectivity index (χ0n) is 25.6. The molecule has 1 aromatic heterocycles. The summed E-state index contributed by atoms with van der Waals surface area (Å²) in [4.78, 5) is 25.9. The Morgan fingerprint density at radius 3 is 2.36 bits per heavy atom. The third-order valence-corrected chi connectivity index (χ3v) is 8.64. The number of nitrogens with zero attached hydrogens (tertiary/aromatic N) is 4. The van der Waals surface area contributed by atoms with E-state index in [2.05, 4.69) is 25.5 Å². The van der Waals surface area contributed by atoms with Crippen LogP contribution < -0.4 is 15.4 Å². The maximum atomic E-state index is 13.2. The van der Waals surface area contributed by atoms with Gasteiger partial charge in [-0.3, -0.25) is 13.9 Å². The first-order chi connectivity index (χ1) is 21.7. The highest BCUT2D eigenvalue weighted by atomic mass is 35.5. The molecule has 4 rings (SSSR count). The lowest BCUT2D eigenvalue weighted by Crippen LogP contribution is -2.49. The van der Waals surface area contributed by atoms with Gasteiger partial charge in [0, 0.05) is 45.3 Å². The third-order valence-electron chi connectivity index (χ3n) is 7.04. The normalized spacial score (nSPS) is 13.9. The molecule has 244 valence electrons. The molecule has 2 N–H and O–H groups in total. The Kier molecular flexibility index (Phi) is 12.7. The van der Waals surface area contributed by atoms with E-state index in [4.69, 9.17) is 30.0 Å². The fraction of sp³-hybridized carbons (Fsp3) is 0.433. The Morgan fingerprint density at radius 2 is 1.67 bits per heavy atom. The lowest BCUT2D eigenvalue weighted by Gasteiger charge is -2.34. The number of methoxy groups -OCH3 is 1. The van der Waals surface area contributed by atoms with Gasteiger partial charge in [-0.15, -0.1) is 0 Å². The smallest absolute Gasteiger partial charge is 0.297 e. The van der Waals surface area contributed by atoms with Gasteiger partial charge in [0.1, 0.15) is 16.6 Å². The Bertz CT molecular complexity index is 1520. The van der Waals surface area contributed by atoms with Gasteiger partial charge < -0.3 is 29.7 Å². The molecule has 0 radical (unpaired) electrons. The molecule has 2 heterocycles. The lowest BCUT2D eigenvalue weighted by atomic mass is 10.1. The van der Waals surface area contributed by atoms with Crippen molar-refractivity contribution >= 4 is 45.1 Å². The molecule has 45 heavy (non-hydrogen) atoms. The third kappa shape index (κ3) is 9.98. The van der Waals surface area contributed by atoms with E-state index in [1.165, 1.54) is 18.3 Å². The highest BCUT2D eigenvalue weighted by Gasteiger charge is 2.23. The molecule has 0 spiro atoms. The second-order valence-electron chi connectivity index (χ2n) is 10.1. The minimum atomic E-state index is -3.79. The van der Waals surface area contributed by atoms with E-state index in [0.717, 1.165) is 25.2 Å². The van der Waals surface area contributed by atoms with Crippen LogP contribution in [0.4, 0.5) is 17.5 Å². The summed E-state index contributed by atoms with van der Waals surface area (Å²) in [5.41, 5.74) is 2.12. The average molecular weight is 663 g/mol. The van der Waals surface area contributed by atoms with Crippen LogP contribution in [0.5, 0.6) is 5.75 Å². The minimum absolute atomic E-state index is 0.0660. The number of anilines is 3. The largest absolute Gasteiger partial charge is 0.495 e. The first-order valence-electron chi connectivity index (χ1n) is 14.5. The second-order valence-corrected chi connectivity index (χ2v) is 12.2. The van der Waals surface area contributed by atoms with Gasteiger partial charge in [0.2, 0.25) is 5.95 Å². The Balaban J connectivity index is 1.11. The zero-order chi connectivity index (χ0) is 32.2. The van der Waals surface area contributed by atoms with E-state index in [9.17, 15) is 13.2 Å². The molecule has 1 fully saturated rings. The molecular weight excluding hydrogens is 624 g/mol. The SMILES string of the molecule is CNc1nc(Nc2ccc(C(=O)N3CCN(CCOCCOCCOS(=O)(=O)c4ccc(C)cc4)CC3)cc2OC)ncc1Cl. The fourth-order valence-electron chi connectivity index (χ4n) is 4.50. The number of amides is 1. The molecular formula is C30H39ClN6O7S. The van der Waals surface area contributed by atoms with Crippen molar-refractivity contribution in [2.75, 3.05) is 90.5 Å². The minimum Gasteiger partial charge on any atom is -0.495 e. The summed E-state index contributed by atoms with van der Waals surface area (Å²) in [6.07, 6.45) is 1.50. The van der Waals surface area contributed by atoms with Crippen LogP contribution in [0.15, 0.2) is 53.6 Å².